The number of anilines is 3. The Labute approximate surface area is 177 Å². The van der Waals surface area contributed by atoms with Crippen LogP contribution in [-0.4, -0.2) is 11.6 Å². The highest BCUT2D eigenvalue weighted by atomic mass is 35.5. The number of nitrogens with one attached hydrogen (secondary N) is 3. The molecule has 0 aliphatic carbocycles. The number of amides is 2. The number of hydrogen-bond acceptors (Lipinski definition) is 2. The van der Waals surface area contributed by atoms with E-state index in [1.54, 1.807) is 0 Å². The van der Waals surface area contributed by atoms with Crippen molar-refractivity contribution in [2.75, 3.05) is 10.6 Å². The summed E-state index contributed by atoms with van der Waals surface area (Å²) in [6, 6.07) is 21.4. The van der Waals surface area contributed by atoms with E-state index in [0.717, 1.165) is 22.5 Å². The van der Waals surface area contributed by atoms with Crippen LogP contribution in [0.4, 0.5) is 21.9 Å². The third-order valence-corrected chi connectivity index (χ3v) is 4.66. The summed E-state index contributed by atoms with van der Waals surface area (Å²) in [6.45, 7) is 7.89. The van der Waals surface area contributed by atoms with Gasteiger partial charge in [-0.05, 0) is 63.1 Å². The molecule has 0 saturated heterocycles. The minimum absolute atomic E-state index is 0.250. The van der Waals surface area contributed by atoms with Crippen molar-refractivity contribution in [2.24, 2.45) is 0 Å². The standard InChI is InChI=1S/C24H26ClN3O/c1-16-9-5-6-10-18(16)19-14-13-17(15-20(19)25)26-21-11-7-8-12-22(21)27-23(29)28-24(2,3)4/h5-15,26H,1-4H3,(H2,27,28,29). The van der Waals surface area contributed by atoms with Gasteiger partial charge in [0, 0.05) is 16.8 Å². The van der Waals surface area contributed by atoms with Crippen LogP contribution in [0.2, 0.25) is 5.02 Å². The van der Waals surface area contributed by atoms with Crippen LogP contribution >= 0.6 is 11.6 Å². The average Bonchev–Trinajstić information content (AvgIpc) is 2.63. The van der Waals surface area contributed by atoms with E-state index in [4.69, 9.17) is 11.6 Å². The van der Waals surface area contributed by atoms with E-state index < -0.39 is 0 Å². The van der Waals surface area contributed by atoms with Crippen molar-refractivity contribution < 1.29 is 4.79 Å². The Hall–Kier alpha value is -2.98. The first kappa shape index (κ1) is 20.7. The molecule has 3 rings (SSSR count). The molecule has 0 atom stereocenters. The summed E-state index contributed by atoms with van der Waals surface area (Å²) in [4.78, 5) is 12.2. The molecule has 0 heterocycles. The second kappa shape index (κ2) is 8.58. The van der Waals surface area contributed by atoms with Crippen molar-refractivity contribution in [1.82, 2.24) is 5.32 Å². The zero-order valence-corrected chi connectivity index (χ0v) is 17.9. The normalized spacial score (nSPS) is 11.1. The van der Waals surface area contributed by atoms with E-state index in [1.165, 1.54) is 5.56 Å². The summed E-state index contributed by atoms with van der Waals surface area (Å²) < 4.78 is 0. The molecule has 0 unspecified atom stereocenters. The summed E-state index contributed by atoms with van der Waals surface area (Å²) >= 11 is 6.58. The van der Waals surface area contributed by atoms with Gasteiger partial charge in [-0.2, -0.15) is 0 Å². The van der Waals surface area contributed by atoms with Gasteiger partial charge in [-0.3, -0.25) is 0 Å². The minimum atomic E-state index is -0.314. The Morgan fingerprint density at radius 3 is 2.17 bits per heavy atom. The molecule has 0 aromatic heterocycles. The molecule has 150 valence electrons. The third kappa shape index (κ3) is 5.52. The highest BCUT2D eigenvalue weighted by Crippen LogP contribution is 2.34. The molecular weight excluding hydrogens is 382 g/mol. The Morgan fingerprint density at radius 1 is 0.862 bits per heavy atom. The minimum Gasteiger partial charge on any atom is -0.354 e. The molecule has 3 aromatic carbocycles. The van der Waals surface area contributed by atoms with Crippen LogP contribution < -0.4 is 16.0 Å². The fraction of sp³-hybridized carbons (Fsp3) is 0.208. The molecule has 2 amide bonds. The number of para-hydroxylation sites is 2. The number of carbonyl (C=O) groups is 1. The van der Waals surface area contributed by atoms with Gasteiger partial charge >= 0.3 is 6.03 Å². The number of benzene rings is 3. The lowest BCUT2D eigenvalue weighted by Gasteiger charge is -2.21. The summed E-state index contributed by atoms with van der Waals surface area (Å²) in [6.07, 6.45) is 0. The van der Waals surface area contributed by atoms with E-state index >= 15 is 0 Å². The zero-order chi connectivity index (χ0) is 21.0. The van der Waals surface area contributed by atoms with Gasteiger partial charge in [0.1, 0.15) is 0 Å². The molecule has 5 heteroatoms. The number of halogens is 1. The molecule has 0 bridgehead atoms. The monoisotopic (exact) mass is 407 g/mol. The van der Waals surface area contributed by atoms with Gasteiger partial charge in [0.2, 0.25) is 0 Å². The second-order valence-corrected chi connectivity index (χ2v) is 8.42. The Kier molecular flexibility index (Phi) is 6.14. The number of aryl methyl sites for hydroxylation is 1. The van der Waals surface area contributed by atoms with Gasteiger partial charge in [0.25, 0.3) is 0 Å². The molecule has 0 aliphatic rings. The SMILES string of the molecule is Cc1ccccc1-c1ccc(Nc2ccccc2NC(=O)NC(C)(C)C)cc1Cl. The Bertz CT molecular complexity index is 1020. The maximum absolute atomic E-state index is 12.2. The fourth-order valence-electron chi connectivity index (χ4n) is 3.04. The molecule has 0 radical (unpaired) electrons. The Balaban J connectivity index is 1.81. The maximum atomic E-state index is 12.2. The maximum Gasteiger partial charge on any atom is 0.319 e. The predicted molar refractivity (Wildman–Crippen MR) is 123 cm³/mol. The summed E-state index contributed by atoms with van der Waals surface area (Å²) in [7, 11) is 0. The van der Waals surface area contributed by atoms with E-state index in [9.17, 15) is 4.79 Å². The zero-order valence-electron chi connectivity index (χ0n) is 17.1. The quantitative estimate of drug-likeness (QED) is 0.437. The molecule has 0 aliphatic heterocycles. The highest BCUT2D eigenvalue weighted by molar-refractivity contribution is 6.33. The second-order valence-electron chi connectivity index (χ2n) is 8.01. The van der Waals surface area contributed by atoms with Crippen LogP contribution in [0.5, 0.6) is 0 Å². The average molecular weight is 408 g/mol. The van der Waals surface area contributed by atoms with Gasteiger partial charge < -0.3 is 16.0 Å². The van der Waals surface area contributed by atoms with Crippen LogP contribution in [0.25, 0.3) is 11.1 Å². The Morgan fingerprint density at radius 2 is 1.52 bits per heavy atom. The number of hydrogen-bond donors (Lipinski definition) is 3. The lowest BCUT2D eigenvalue weighted by molar-refractivity contribution is 0.244. The lowest BCUT2D eigenvalue weighted by Crippen LogP contribution is -2.43. The number of carbonyl (C=O) groups excluding carboxylic acids is 1. The fourth-order valence-corrected chi connectivity index (χ4v) is 3.32. The van der Waals surface area contributed by atoms with Gasteiger partial charge in [-0.15, -0.1) is 0 Å². The smallest absolute Gasteiger partial charge is 0.319 e. The van der Waals surface area contributed by atoms with Crippen molar-refractivity contribution in [2.45, 2.75) is 33.2 Å². The molecule has 29 heavy (non-hydrogen) atoms. The van der Waals surface area contributed by atoms with Gasteiger partial charge in [-0.1, -0.05) is 54.1 Å². The van der Waals surface area contributed by atoms with Gasteiger partial charge in [-0.25, -0.2) is 4.79 Å². The topological polar surface area (TPSA) is 53.2 Å². The molecule has 4 nitrogen and oxygen atoms in total. The lowest BCUT2D eigenvalue weighted by atomic mass is 10.0. The molecular formula is C24H26ClN3O. The largest absolute Gasteiger partial charge is 0.354 e. The van der Waals surface area contributed by atoms with E-state index in [2.05, 4.69) is 35.0 Å². The van der Waals surface area contributed by atoms with Gasteiger partial charge in [0.15, 0.2) is 0 Å². The molecule has 0 fully saturated rings. The van der Waals surface area contributed by atoms with Gasteiger partial charge in [0.05, 0.1) is 16.4 Å². The molecule has 3 N–H and O–H groups in total. The highest BCUT2D eigenvalue weighted by Gasteiger charge is 2.15. The molecule has 3 aromatic rings. The van der Waals surface area contributed by atoms with Crippen molar-refractivity contribution in [3.05, 3.63) is 77.3 Å². The summed E-state index contributed by atoms with van der Waals surface area (Å²) in [5, 5.41) is 9.82. The van der Waals surface area contributed by atoms with Crippen LogP contribution in [-0.2, 0) is 0 Å². The van der Waals surface area contributed by atoms with E-state index in [-0.39, 0.29) is 11.6 Å². The first-order chi connectivity index (χ1) is 13.7. The summed E-state index contributed by atoms with van der Waals surface area (Å²) in [5.74, 6) is 0. The van der Waals surface area contributed by atoms with E-state index in [0.29, 0.717) is 10.7 Å². The van der Waals surface area contributed by atoms with Crippen molar-refractivity contribution in [3.63, 3.8) is 0 Å². The van der Waals surface area contributed by atoms with Crippen LogP contribution in [0, 0.1) is 6.92 Å². The number of urea groups is 1. The predicted octanol–water partition coefficient (Wildman–Crippen LogP) is 6.98. The van der Waals surface area contributed by atoms with Crippen LogP contribution in [0.15, 0.2) is 66.7 Å². The van der Waals surface area contributed by atoms with Crippen LogP contribution in [0.1, 0.15) is 26.3 Å². The molecule has 0 saturated carbocycles. The first-order valence-corrected chi connectivity index (χ1v) is 9.91. The van der Waals surface area contributed by atoms with Crippen molar-refractivity contribution in [1.29, 1.82) is 0 Å². The molecule has 0 spiro atoms. The summed E-state index contributed by atoms with van der Waals surface area (Å²) in [5.41, 5.74) is 5.29. The van der Waals surface area contributed by atoms with Crippen molar-refractivity contribution in [3.8, 4) is 11.1 Å². The first-order valence-electron chi connectivity index (χ1n) is 9.54. The third-order valence-electron chi connectivity index (χ3n) is 4.35. The number of rotatable bonds is 4. The van der Waals surface area contributed by atoms with Crippen molar-refractivity contribution >= 4 is 34.7 Å². The van der Waals surface area contributed by atoms with Crippen LogP contribution in [0.3, 0.4) is 0 Å². The van der Waals surface area contributed by atoms with E-state index in [1.807, 2.05) is 75.4 Å².